The molecule has 180 valence electrons. The van der Waals surface area contributed by atoms with E-state index in [4.69, 9.17) is 15.4 Å². The Labute approximate surface area is 181 Å². The second-order valence-corrected chi connectivity index (χ2v) is 10.4. The minimum absolute atomic E-state index is 0.0281. The van der Waals surface area contributed by atoms with Crippen LogP contribution in [0.4, 0.5) is 0 Å². The molecule has 0 amide bonds. The number of carbonyl (C=O) groups excluding carboxylic acids is 1. The van der Waals surface area contributed by atoms with Gasteiger partial charge in [-0.2, -0.15) is 0 Å². The third kappa shape index (κ3) is 14.6. The summed E-state index contributed by atoms with van der Waals surface area (Å²) in [5.74, 6) is -0.459. The zero-order valence-corrected chi connectivity index (χ0v) is 20.1. The van der Waals surface area contributed by atoms with E-state index in [0.717, 1.165) is 19.3 Å². The van der Waals surface area contributed by atoms with Crippen molar-refractivity contribution < 1.29 is 38.0 Å². The van der Waals surface area contributed by atoms with Gasteiger partial charge in [0.15, 0.2) is 5.78 Å². The zero-order valence-electron chi connectivity index (χ0n) is 19.2. The highest BCUT2D eigenvalue weighted by atomic mass is 31.2. The molecule has 0 radical (unpaired) electrons. The number of aliphatic hydroxyl groups excluding tert-OH is 2. The molecule has 9 nitrogen and oxygen atoms in total. The summed E-state index contributed by atoms with van der Waals surface area (Å²) < 4.78 is 22.3. The summed E-state index contributed by atoms with van der Waals surface area (Å²) >= 11 is 0. The van der Waals surface area contributed by atoms with Crippen LogP contribution < -0.4 is 5.73 Å². The number of nitrogens with two attached hydrogens (primary N) is 1. The molecule has 5 N–H and O–H groups in total. The first-order valence-corrected chi connectivity index (χ1v) is 12.4. The number of aliphatic hydroxyl groups is 2. The number of rotatable bonds is 19. The van der Waals surface area contributed by atoms with Crippen LogP contribution in [-0.2, 0) is 18.4 Å². The van der Waals surface area contributed by atoms with Gasteiger partial charge in [0.05, 0.1) is 34.4 Å². The molecule has 0 saturated heterocycles. The van der Waals surface area contributed by atoms with Gasteiger partial charge in [-0.15, -0.1) is 0 Å². The topological polar surface area (TPSA) is 139 Å². The van der Waals surface area contributed by atoms with Crippen molar-refractivity contribution in [3.8, 4) is 0 Å². The summed E-state index contributed by atoms with van der Waals surface area (Å²) in [6, 6.07) is 0. The van der Waals surface area contributed by atoms with Gasteiger partial charge < -0.3 is 19.6 Å². The lowest BCUT2D eigenvalue weighted by atomic mass is 10.0. The second-order valence-electron chi connectivity index (χ2n) is 9.03. The Hall–Kier alpha value is -0.380. The number of Topliss-reactive ketones (excluding diaryl/α,β-unsaturated/α-hetero) is 1. The molecule has 0 saturated carbocycles. The first-order valence-electron chi connectivity index (χ1n) is 10.9. The maximum Gasteiger partial charge on any atom is 0.474 e. The van der Waals surface area contributed by atoms with E-state index in [0.29, 0.717) is 6.42 Å². The Bertz CT molecular complexity index is 528. The number of carbonyl (C=O) groups is 1. The number of ketones is 1. The van der Waals surface area contributed by atoms with E-state index in [1.807, 2.05) is 0 Å². The Balaban J connectivity index is 4.67. The minimum atomic E-state index is -4.71. The van der Waals surface area contributed by atoms with Crippen molar-refractivity contribution in [2.45, 2.75) is 83.0 Å². The number of quaternary nitrogens is 1. The van der Waals surface area contributed by atoms with Crippen LogP contribution in [0.5, 0.6) is 0 Å². The van der Waals surface area contributed by atoms with Crippen LogP contribution in [0.25, 0.3) is 0 Å². The predicted octanol–water partition coefficient (Wildman–Crippen LogP) is 2.32. The average molecular weight is 456 g/mol. The Morgan fingerprint density at radius 3 is 2.03 bits per heavy atom. The second kappa shape index (κ2) is 14.6. The fourth-order valence-corrected chi connectivity index (χ4v) is 4.13. The van der Waals surface area contributed by atoms with Crippen LogP contribution in [0.3, 0.4) is 0 Å². The highest BCUT2D eigenvalue weighted by Gasteiger charge is 2.46. The molecule has 30 heavy (non-hydrogen) atoms. The van der Waals surface area contributed by atoms with Gasteiger partial charge in [-0.1, -0.05) is 58.3 Å². The van der Waals surface area contributed by atoms with Crippen molar-refractivity contribution in [1.29, 1.82) is 0 Å². The molecule has 0 rings (SSSR count). The number of hydrogen-bond acceptors (Lipinski definition) is 7. The zero-order chi connectivity index (χ0) is 23.3. The number of hydrogen-bond donors (Lipinski definition) is 4. The van der Waals surface area contributed by atoms with Gasteiger partial charge in [0.1, 0.15) is 12.6 Å². The van der Waals surface area contributed by atoms with E-state index in [2.05, 4.69) is 11.4 Å². The van der Waals surface area contributed by atoms with E-state index in [1.54, 1.807) is 21.1 Å². The highest BCUT2D eigenvalue weighted by Crippen LogP contribution is 2.47. The molecule has 0 aliphatic carbocycles. The smallest absolute Gasteiger partial charge is 0.394 e. The van der Waals surface area contributed by atoms with Crippen LogP contribution >= 0.6 is 7.82 Å². The van der Waals surface area contributed by atoms with Crippen LogP contribution in [0.2, 0.25) is 0 Å². The fourth-order valence-electron chi connectivity index (χ4n) is 3.15. The van der Waals surface area contributed by atoms with Crippen molar-refractivity contribution in [2.24, 2.45) is 5.73 Å². The van der Waals surface area contributed by atoms with E-state index in [-0.39, 0.29) is 17.4 Å². The molecule has 0 aliphatic rings. The average Bonchev–Trinajstić information content (AvgIpc) is 2.62. The number of nitrogens with zero attached hydrogens (tertiary/aromatic N) is 1. The molecular formula is C20H44N2O7P+. The molecule has 0 bridgehead atoms. The molecule has 0 aromatic carbocycles. The Kier molecular flexibility index (Phi) is 14.5. The first kappa shape index (κ1) is 29.6. The fraction of sp³-hybridized carbons (Fsp3) is 0.950. The van der Waals surface area contributed by atoms with Gasteiger partial charge in [0.2, 0.25) is 5.72 Å². The highest BCUT2D eigenvalue weighted by molar-refractivity contribution is 7.47. The lowest BCUT2D eigenvalue weighted by Crippen LogP contribution is -2.60. The number of likely N-dealkylation sites (N-methyl/N-ethyl adjacent to an activating group) is 1. The first-order chi connectivity index (χ1) is 13.9. The monoisotopic (exact) mass is 455 g/mol. The van der Waals surface area contributed by atoms with Gasteiger partial charge >= 0.3 is 7.82 Å². The van der Waals surface area contributed by atoms with Crippen LogP contribution in [0.1, 0.15) is 71.1 Å². The molecule has 0 spiro atoms. The largest absolute Gasteiger partial charge is 0.474 e. The molecule has 0 aliphatic heterocycles. The Morgan fingerprint density at radius 2 is 1.57 bits per heavy atom. The Morgan fingerprint density at radius 1 is 1.07 bits per heavy atom. The summed E-state index contributed by atoms with van der Waals surface area (Å²) in [5.41, 5.74) is 4.16. The standard InChI is InChI=1S/C20H43N2O7P/c1-5-6-7-8-9-10-11-12-13-14-19(25)20(21,17-22(2,3)4)29-30(26,27)28-16-18(24)15-23/h18,23-24H,5-17,21H2,1-4H3/p+1/t18-,20?/m1/s1. The molecule has 2 unspecified atom stereocenters. The van der Waals surface area contributed by atoms with Crippen molar-refractivity contribution in [1.82, 2.24) is 0 Å². The molecule has 0 aromatic heterocycles. The lowest BCUT2D eigenvalue weighted by Gasteiger charge is -2.35. The van der Waals surface area contributed by atoms with E-state index < -0.39 is 38.6 Å². The summed E-state index contributed by atoms with van der Waals surface area (Å²) in [4.78, 5) is 22.7. The summed E-state index contributed by atoms with van der Waals surface area (Å²) in [7, 11) is 0.650. The number of phosphoric ester groups is 1. The number of phosphoric acid groups is 1. The van der Waals surface area contributed by atoms with Gasteiger partial charge in [-0.25, -0.2) is 4.57 Å². The molecular weight excluding hydrogens is 411 g/mol. The molecule has 0 heterocycles. The van der Waals surface area contributed by atoms with E-state index >= 15 is 0 Å². The van der Waals surface area contributed by atoms with Crippen molar-refractivity contribution in [3.05, 3.63) is 0 Å². The molecule has 0 aromatic rings. The van der Waals surface area contributed by atoms with E-state index in [1.165, 1.54) is 32.1 Å². The van der Waals surface area contributed by atoms with Crippen molar-refractivity contribution in [2.75, 3.05) is 40.9 Å². The SMILES string of the molecule is CCCCCCCCCCCC(=O)C(N)(C[N+](C)(C)C)OP(=O)(O)OC[C@H](O)CO. The molecule has 10 heteroatoms. The van der Waals surface area contributed by atoms with Gasteiger partial charge in [-0.3, -0.25) is 19.6 Å². The van der Waals surface area contributed by atoms with Crippen LogP contribution in [0, 0.1) is 0 Å². The van der Waals surface area contributed by atoms with Gasteiger partial charge in [0.25, 0.3) is 0 Å². The normalized spacial score (nSPS) is 17.3. The maximum atomic E-state index is 12.8. The van der Waals surface area contributed by atoms with Gasteiger partial charge in [0, 0.05) is 6.42 Å². The maximum absolute atomic E-state index is 12.8. The van der Waals surface area contributed by atoms with Crippen molar-refractivity contribution in [3.63, 3.8) is 0 Å². The third-order valence-electron chi connectivity index (χ3n) is 4.61. The summed E-state index contributed by atoms with van der Waals surface area (Å²) in [6.45, 7) is 0.915. The lowest BCUT2D eigenvalue weighted by molar-refractivity contribution is -0.875. The molecule has 3 atom stereocenters. The van der Waals surface area contributed by atoms with Gasteiger partial charge in [-0.05, 0) is 6.42 Å². The van der Waals surface area contributed by atoms with Crippen LogP contribution in [-0.4, -0.2) is 78.1 Å². The molecule has 0 fully saturated rings. The third-order valence-corrected chi connectivity index (χ3v) is 5.64. The van der Waals surface area contributed by atoms with Crippen molar-refractivity contribution >= 4 is 13.6 Å². The quantitative estimate of drug-likeness (QED) is 0.101. The van der Waals surface area contributed by atoms with Crippen LogP contribution in [0.15, 0.2) is 0 Å². The predicted molar refractivity (Wildman–Crippen MR) is 117 cm³/mol. The van der Waals surface area contributed by atoms with E-state index in [9.17, 15) is 19.4 Å². The summed E-state index contributed by atoms with van der Waals surface area (Å²) in [6.07, 6.45) is 8.71. The minimum Gasteiger partial charge on any atom is -0.394 e. The summed E-state index contributed by atoms with van der Waals surface area (Å²) in [5, 5.41) is 18.1. The number of unbranched alkanes of at least 4 members (excludes halogenated alkanes) is 8.